The van der Waals surface area contributed by atoms with Crippen molar-refractivity contribution in [1.82, 2.24) is 0 Å². The second-order valence-corrected chi connectivity index (χ2v) is 16.8. The first-order valence-electron chi connectivity index (χ1n) is 20.5. The maximum atomic E-state index is 6.83. The predicted molar refractivity (Wildman–Crippen MR) is 241 cm³/mol. The summed E-state index contributed by atoms with van der Waals surface area (Å²) in [6, 6.07) is 68.7. The Bertz CT molecular complexity index is 3380. The number of fused-ring (bicyclic) bond motifs is 17. The van der Waals surface area contributed by atoms with E-state index in [2.05, 4.69) is 201 Å². The first-order valence-corrected chi connectivity index (χ1v) is 20.5. The molecule has 0 radical (unpaired) electrons. The van der Waals surface area contributed by atoms with Crippen molar-refractivity contribution in [2.24, 2.45) is 0 Å². The van der Waals surface area contributed by atoms with Crippen molar-refractivity contribution in [2.45, 2.75) is 24.7 Å². The Morgan fingerprint density at radius 3 is 1.83 bits per heavy atom. The van der Waals surface area contributed by atoms with Gasteiger partial charge in [0.05, 0.1) is 11.1 Å². The number of hydrogen-bond acceptors (Lipinski definition) is 3. The normalized spacial score (nSPS) is 14.7. The van der Waals surface area contributed by atoms with Crippen molar-refractivity contribution in [3.63, 3.8) is 0 Å². The van der Waals surface area contributed by atoms with Gasteiger partial charge in [0.1, 0.15) is 17.1 Å². The molecule has 9 aromatic carbocycles. The minimum absolute atomic E-state index is 0.167. The van der Waals surface area contributed by atoms with E-state index in [0.717, 1.165) is 61.6 Å². The van der Waals surface area contributed by atoms with Gasteiger partial charge in [0.2, 0.25) is 0 Å². The van der Waals surface area contributed by atoms with Crippen LogP contribution in [0.2, 0.25) is 0 Å². The largest absolute Gasteiger partial charge is 0.457 e. The molecule has 278 valence electrons. The van der Waals surface area contributed by atoms with E-state index in [1.807, 2.05) is 6.07 Å². The van der Waals surface area contributed by atoms with Crippen LogP contribution in [-0.4, -0.2) is 0 Å². The summed E-state index contributed by atoms with van der Waals surface area (Å²) in [7, 11) is 0. The van der Waals surface area contributed by atoms with Crippen molar-refractivity contribution < 1.29 is 9.15 Å². The second-order valence-electron chi connectivity index (χ2n) is 16.8. The quantitative estimate of drug-likeness (QED) is 0.180. The van der Waals surface area contributed by atoms with E-state index in [1.54, 1.807) is 0 Å². The highest BCUT2D eigenvalue weighted by atomic mass is 16.5. The molecule has 0 atom stereocenters. The Balaban J connectivity index is 1.13. The van der Waals surface area contributed by atoms with E-state index in [1.165, 1.54) is 55.3 Å². The third kappa shape index (κ3) is 4.21. The molecule has 10 aromatic rings. The topological polar surface area (TPSA) is 25.6 Å². The molecule has 0 bridgehead atoms. The number of hydrogen-bond donors (Lipinski definition) is 0. The Hall–Kier alpha value is -7.36. The van der Waals surface area contributed by atoms with Gasteiger partial charge in [-0.2, -0.15) is 0 Å². The Morgan fingerprint density at radius 1 is 0.424 bits per heavy atom. The maximum Gasteiger partial charge on any atom is 0.159 e. The molecule has 0 N–H and O–H groups in total. The van der Waals surface area contributed by atoms with Crippen LogP contribution in [0.5, 0.6) is 11.5 Å². The SMILES string of the molecule is CC1(C)c2ccccc2-c2ccc(N(c3ccc4c(c3)C3(c5ccccc5Oc5ccccc53)c3ccc5ccccc5c3-4)c3cccc4c3oc3ccccc34)cc21. The zero-order chi connectivity index (χ0) is 39.0. The maximum absolute atomic E-state index is 6.83. The van der Waals surface area contributed by atoms with Crippen LogP contribution in [0.15, 0.2) is 192 Å². The van der Waals surface area contributed by atoms with Gasteiger partial charge in [0.25, 0.3) is 0 Å². The molecule has 1 spiro atoms. The average Bonchev–Trinajstić information content (AvgIpc) is 3.88. The summed E-state index contributed by atoms with van der Waals surface area (Å²) in [5, 5.41) is 4.69. The number of para-hydroxylation sites is 4. The fourth-order valence-corrected chi connectivity index (χ4v) is 11.0. The smallest absolute Gasteiger partial charge is 0.159 e. The second kappa shape index (κ2) is 11.6. The van der Waals surface area contributed by atoms with Crippen LogP contribution in [0.3, 0.4) is 0 Å². The van der Waals surface area contributed by atoms with Gasteiger partial charge in [-0.05, 0) is 104 Å². The van der Waals surface area contributed by atoms with Crippen LogP contribution in [-0.2, 0) is 10.8 Å². The standard InChI is InChI=1S/C56H37NO2/c1-55(2)43-19-7-5-16-38(43)39-29-27-35(32-47(39)55)57(49-22-13-18-41-40-17-6-10-23-50(40)59-54(41)49)36-28-30-42-48(33-36)56(46-31-26-34-14-3-4-15-37(34)53(42)46)44-20-8-11-24-51(44)58-52-25-12-9-21-45(52)56/h3-33H,1-2H3. The van der Waals surface area contributed by atoms with E-state index in [-0.39, 0.29) is 5.41 Å². The average molecular weight is 756 g/mol. The lowest BCUT2D eigenvalue weighted by Crippen LogP contribution is -2.32. The summed E-state index contributed by atoms with van der Waals surface area (Å²) in [4.78, 5) is 2.43. The van der Waals surface area contributed by atoms with Gasteiger partial charge >= 0.3 is 0 Å². The van der Waals surface area contributed by atoms with E-state index in [9.17, 15) is 0 Å². The molecule has 1 aromatic heterocycles. The van der Waals surface area contributed by atoms with Crippen LogP contribution >= 0.6 is 0 Å². The monoisotopic (exact) mass is 755 g/mol. The fourth-order valence-electron chi connectivity index (χ4n) is 11.0. The van der Waals surface area contributed by atoms with Crippen molar-refractivity contribution in [2.75, 3.05) is 4.90 Å². The van der Waals surface area contributed by atoms with Crippen LogP contribution in [0.25, 0.3) is 55.0 Å². The molecule has 3 nitrogen and oxygen atoms in total. The van der Waals surface area contributed by atoms with E-state index in [0.29, 0.717) is 0 Å². The minimum atomic E-state index is -0.630. The zero-order valence-corrected chi connectivity index (χ0v) is 32.7. The van der Waals surface area contributed by atoms with Crippen LogP contribution in [0.4, 0.5) is 17.1 Å². The number of benzene rings is 9. The number of anilines is 3. The molecule has 2 aliphatic carbocycles. The molecular formula is C56H37NO2. The van der Waals surface area contributed by atoms with Gasteiger partial charge < -0.3 is 14.1 Å². The summed E-state index contributed by atoms with van der Waals surface area (Å²) in [5.74, 6) is 1.76. The van der Waals surface area contributed by atoms with Gasteiger partial charge in [0.15, 0.2) is 5.58 Å². The minimum Gasteiger partial charge on any atom is -0.457 e. The molecule has 2 heterocycles. The molecule has 13 rings (SSSR count). The third-order valence-electron chi connectivity index (χ3n) is 13.5. The van der Waals surface area contributed by atoms with Gasteiger partial charge in [-0.15, -0.1) is 0 Å². The Labute approximate surface area is 342 Å². The first-order chi connectivity index (χ1) is 29.0. The highest BCUT2D eigenvalue weighted by Gasteiger charge is 2.52. The van der Waals surface area contributed by atoms with Crippen LogP contribution < -0.4 is 9.64 Å². The molecule has 3 heteroatoms. The molecule has 0 unspecified atom stereocenters. The summed E-state index contributed by atoms with van der Waals surface area (Å²) in [6.45, 7) is 4.71. The van der Waals surface area contributed by atoms with E-state index >= 15 is 0 Å². The number of ether oxygens (including phenoxy) is 1. The van der Waals surface area contributed by atoms with Gasteiger partial charge in [0, 0.05) is 38.7 Å². The molecule has 3 aliphatic rings. The highest BCUT2D eigenvalue weighted by molar-refractivity contribution is 6.11. The Kier molecular flexibility index (Phi) is 6.44. The molecule has 1 aliphatic heterocycles. The predicted octanol–water partition coefficient (Wildman–Crippen LogP) is 15.0. The van der Waals surface area contributed by atoms with Gasteiger partial charge in [-0.25, -0.2) is 0 Å². The number of rotatable bonds is 3. The lowest BCUT2D eigenvalue weighted by atomic mass is 9.66. The third-order valence-corrected chi connectivity index (χ3v) is 13.5. The van der Waals surface area contributed by atoms with Crippen molar-refractivity contribution in [3.05, 3.63) is 221 Å². The molecular weight excluding hydrogens is 719 g/mol. The number of furan rings is 1. The van der Waals surface area contributed by atoms with Crippen molar-refractivity contribution >= 4 is 49.8 Å². The lowest BCUT2D eigenvalue weighted by molar-refractivity contribution is 0.436. The number of nitrogens with zero attached hydrogens (tertiary/aromatic N) is 1. The summed E-state index contributed by atoms with van der Waals surface area (Å²) in [5.41, 5.74) is 16.7. The van der Waals surface area contributed by atoms with Gasteiger partial charge in [-0.1, -0.05) is 153 Å². The fraction of sp³-hybridized carbons (Fsp3) is 0.0714. The van der Waals surface area contributed by atoms with Crippen LogP contribution in [0.1, 0.15) is 47.2 Å². The van der Waals surface area contributed by atoms with Crippen LogP contribution in [0, 0.1) is 0 Å². The van der Waals surface area contributed by atoms with E-state index < -0.39 is 5.41 Å². The molecule has 59 heavy (non-hydrogen) atoms. The zero-order valence-electron chi connectivity index (χ0n) is 32.7. The summed E-state index contributed by atoms with van der Waals surface area (Å²) in [6.07, 6.45) is 0. The van der Waals surface area contributed by atoms with Crippen molar-refractivity contribution in [1.29, 1.82) is 0 Å². The molecule has 0 amide bonds. The molecule has 0 saturated heterocycles. The summed E-state index contributed by atoms with van der Waals surface area (Å²) < 4.78 is 13.6. The van der Waals surface area contributed by atoms with Crippen molar-refractivity contribution in [3.8, 4) is 33.8 Å². The molecule has 0 fully saturated rings. The first kappa shape index (κ1) is 32.7. The van der Waals surface area contributed by atoms with Gasteiger partial charge in [-0.3, -0.25) is 0 Å². The Morgan fingerprint density at radius 2 is 1.03 bits per heavy atom. The van der Waals surface area contributed by atoms with E-state index in [4.69, 9.17) is 9.15 Å². The summed E-state index contributed by atoms with van der Waals surface area (Å²) >= 11 is 0. The molecule has 0 saturated carbocycles. The highest BCUT2D eigenvalue weighted by Crippen LogP contribution is 2.64. The lowest BCUT2D eigenvalue weighted by Gasteiger charge is -2.39.